The van der Waals surface area contributed by atoms with Gasteiger partial charge in [0.1, 0.15) is 5.75 Å². The van der Waals surface area contributed by atoms with Crippen LogP contribution in [0.25, 0.3) is 11.0 Å². The van der Waals surface area contributed by atoms with Crippen molar-refractivity contribution in [3.8, 4) is 5.75 Å². The minimum absolute atomic E-state index is 0.0132. The second kappa shape index (κ2) is 9.32. The first-order valence-corrected chi connectivity index (χ1v) is 11.9. The van der Waals surface area contributed by atoms with Crippen molar-refractivity contribution < 1.29 is 17.9 Å². The van der Waals surface area contributed by atoms with E-state index in [1.807, 2.05) is 13.8 Å². The Balaban J connectivity index is 1.75. The highest BCUT2D eigenvalue weighted by molar-refractivity contribution is 8.00. The van der Waals surface area contributed by atoms with E-state index < -0.39 is 10.0 Å². The topological polar surface area (TPSA) is 90.3 Å². The fourth-order valence-corrected chi connectivity index (χ4v) is 5.46. The molecule has 1 aromatic heterocycles. The minimum atomic E-state index is -3.55. The summed E-state index contributed by atoms with van der Waals surface area (Å²) in [5, 5.41) is 3.09. The molecule has 0 saturated carbocycles. The van der Waals surface area contributed by atoms with Gasteiger partial charge in [-0.25, -0.2) is 17.4 Å². The fourth-order valence-electron chi connectivity index (χ4n) is 2.82. The Bertz CT molecular complexity index is 1090. The van der Waals surface area contributed by atoms with Crippen molar-refractivity contribution in [1.82, 2.24) is 8.96 Å². The van der Waals surface area contributed by atoms with E-state index in [0.717, 1.165) is 17.5 Å². The molecule has 0 fully saturated rings. The van der Waals surface area contributed by atoms with E-state index in [9.17, 15) is 13.2 Å². The van der Waals surface area contributed by atoms with Crippen LogP contribution in [0.3, 0.4) is 0 Å². The van der Waals surface area contributed by atoms with E-state index in [1.165, 1.54) is 3.97 Å². The zero-order valence-corrected chi connectivity index (χ0v) is 17.9. The van der Waals surface area contributed by atoms with Crippen LogP contribution >= 0.6 is 11.8 Å². The normalized spacial score (nSPS) is 11.5. The van der Waals surface area contributed by atoms with E-state index in [1.54, 1.807) is 48.5 Å². The quantitative estimate of drug-likeness (QED) is 0.517. The molecule has 0 aliphatic rings. The summed E-state index contributed by atoms with van der Waals surface area (Å²) in [6.07, 6.45) is 0.497. The van der Waals surface area contributed by atoms with Crippen molar-refractivity contribution in [3.05, 3.63) is 48.5 Å². The molecule has 0 bridgehead atoms. The maximum absolute atomic E-state index is 12.7. The van der Waals surface area contributed by atoms with Crippen LogP contribution in [0.15, 0.2) is 53.7 Å². The number of para-hydroxylation sites is 2. The van der Waals surface area contributed by atoms with Gasteiger partial charge in [-0.2, -0.15) is 0 Å². The van der Waals surface area contributed by atoms with Crippen LogP contribution < -0.4 is 10.1 Å². The third-order valence-electron chi connectivity index (χ3n) is 4.01. The predicted molar refractivity (Wildman–Crippen MR) is 116 cm³/mol. The van der Waals surface area contributed by atoms with Gasteiger partial charge in [0.25, 0.3) is 0 Å². The van der Waals surface area contributed by atoms with E-state index in [0.29, 0.717) is 34.9 Å². The number of nitrogens with zero attached hydrogens (tertiary/aromatic N) is 2. The van der Waals surface area contributed by atoms with Gasteiger partial charge in [-0.1, -0.05) is 30.8 Å². The predicted octanol–water partition coefficient (Wildman–Crippen LogP) is 3.75. The zero-order valence-electron chi connectivity index (χ0n) is 16.3. The molecule has 2 aromatic carbocycles. The number of nitrogens with one attached hydrogen (secondary N) is 1. The summed E-state index contributed by atoms with van der Waals surface area (Å²) in [6.45, 7) is 4.29. The number of carbonyl (C=O) groups is 1. The van der Waals surface area contributed by atoms with Crippen LogP contribution in [0, 0.1) is 0 Å². The second-order valence-electron chi connectivity index (χ2n) is 6.26. The first-order valence-electron chi connectivity index (χ1n) is 9.31. The molecule has 0 unspecified atom stereocenters. The molecule has 9 heteroatoms. The Morgan fingerprint density at radius 2 is 1.86 bits per heavy atom. The van der Waals surface area contributed by atoms with Crippen LogP contribution in [0.2, 0.25) is 0 Å². The van der Waals surface area contributed by atoms with Crippen molar-refractivity contribution in [2.24, 2.45) is 0 Å². The molecular formula is C20H23N3O4S2. The van der Waals surface area contributed by atoms with Crippen molar-refractivity contribution in [2.45, 2.75) is 25.4 Å². The number of carbonyl (C=O) groups excluding carboxylic acids is 1. The number of rotatable bonds is 9. The molecule has 0 saturated heterocycles. The van der Waals surface area contributed by atoms with Crippen LogP contribution in [-0.4, -0.2) is 41.4 Å². The van der Waals surface area contributed by atoms with E-state index >= 15 is 0 Å². The highest BCUT2D eigenvalue weighted by Crippen LogP contribution is 2.26. The highest BCUT2D eigenvalue weighted by Gasteiger charge is 2.22. The number of hydrogen-bond acceptors (Lipinski definition) is 6. The van der Waals surface area contributed by atoms with Gasteiger partial charge in [0.05, 0.1) is 29.1 Å². The summed E-state index contributed by atoms with van der Waals surface area (Å²) >= 11 is 1.10. The number of hydrogen-bond donors (Lipinski definition) is 1. The van der Waals surface area contributed by atoms with E-state index in [4.69, 9.17) is 4.74 Å². The van der Waals surface area contributed by atoms with Crippen molar-refractivity contribution >= 4 is 44.4 Å². The zero-order chi connectivity index (χ0) is 20.9. The van der Waals surface area contributed by atoms with Gasteiger partial charge in [0.2, 0.25) is 15.9 Å². The summed E-state index contributed by atoms with van der Waals surface area (Å²) < 4.78 is 32.1. The van der Waals surface area contributed by atoms with Crippen LogP contribution in [0.1, 0.15) is 20.3 Å². The van der Waals surface area contributed by atoms with Crippen LogP contribution in [0.4, 0.5) is 5.69 Å². The second-order valence-corrected chi connectivity index (χ2v) is 9.14. The summed E-state index contributed by atoms with van der Waals surface area (Å²) in [6, 6.07) is 14.1. The minimum Gasteiger partial charge on any atom is -0.494 e. The molecule has 0 aliphatic carbocycles. The Hall–Kier alpha value is -2.52. The van der Waals surface area contributed by atoms with E-state index in [2.05, 4.69) is 10.3 Å². The Morgan fingerprint density at radius 1 is 1.14 bits per heavy atom. The number of benzene rings is 2. The number of fused-ring (bicyclic) bond motifs is 1. The maximum Gasteiger partial charge on any atom is 0.241 e. The molecule has 0 aliphatic heterocycles. The first-order chi connectivity index (χ1) is 13.9. The third kappa shape index (κ3) is 5.10. The lowest BCUT2D eigenvalue weighted by Crippen LogP contribution is -2.18. The van der Waals surface area contributed by atoms with Crippen LogP contribution in [-0.2, 0) is 14.8 Å². The number of amides is 1. The Kier molecular flexibility index (Phi) is 6.81. The molecule has 0 radical (unpaired) electrons. The fraction of sp³-hybridized carbons (Fsp3) is 0.300. The standard InChI is InChI=1S/C20H23N3O4S2/c1-3-13-29(25,26)23-18-8-6-5-7-17(18)22-20(23)28-14-19(24)21-15-9-11-16(12-10-15)27-4-2/h5-12H,3-4,13-14H2,1-2H3,(H,21,24). The van der Waals surface area contributed by atoms with Gasteiger partial charge in [-0.05, 0) is 49.7 Å². The monoisotopic (exact) mass is 433 g/mol. The van der Waals surface area contributed by atoms with Gasteiger partial charge in [-0.3, -0.25) is 4.79 Å². The van der Waals surface area contributed by atoms with Gasteiger partial charge in [-0.15, -0.1) is 0 Å². The van der Waals surface area contributed by atoms with Crippen molar-refractivity contribution in [2.75, 3.05) is 23.4 Å². The SMILES string of the molecule is CCCS(=O)(=O)n1c(SCC(=O)Nc2ccc(OCC)cc2)nc2ccccc21. The van der Waals surface area contributed by atoms with Crippen molar-refractivity contribution in [1.29, 1.82) is 0 Å². The average molecular weight is 434 g/mol. The summed E-state index contributed by atoms with van der Waals surface area (Å²) in [5.74, 6) is 0.540. The highest BCUT2D eigenvalue weighted by atomic mass is 32.2. The maximum atomic E-state index is 12.7. The molecule has 7 nitrogen and oxygen atoms in total. The van der Waals surface area contributed by atoms with Gasteiger partial charge >= 0.3 is 0 Å². The van der Waals surface area contributed by atoms with Gasteiger partial charge < -0.3 is 10.1 Å². The number of imidazole rings is 1. The third-order valence-corrected chi connectivity index (χ3v) is 6.92. The number of ether oxygens (including phenoxy) is 1. The lowest BCUT2D eigenvalue weighted by atomic mass is 10.3. The summed E-state index contributed by atoms with van der Waals surface area (Å²) in [7, 11) is -3.55. The lowest BCUT2D eigenvalue weighted by molar-refractivity contribution is -0.113. The molecule has 29 heavy (non-hydrogen) atoms. The molecule has 0 spiro atoms. The number of thioether (sulfide) groups is 1. The Morgan fingerprint density at radius 3 is 2.55 bits per heavy atom. The van der Waals surface area contributed by atoms with E-state index in [-0.39, 0.29) is 17.4 Å². The first kappa shape index (κ1) is 21.2. The Labute approximate surface area is 174 Å². The molecule has 1 heterocycles. The molecular weight excluding hydrogens is 410 g/mol. The molecule has 0 atom stereocenters. The van der Waals surface area contributed by atoms with Gasteiger partial charge in [0.15, 0.2) is 5.16 Å². The molecule has 1 amide bonds. The molecule has 1 N–H and O–H groups in total. The van der Waals surface area contributed by atoms with Crippen LogP contribution in [0.5, 0.6) is 5.75 Å². The van der Waals surface area contributed by atoms with Crippen molar-refractivity contribution in [3.63, 3.8) is 0 Å². The number of aromatic nitrogens is 2. The molecule has 3 aromatic rings. The smallest absolute Gasteiger partial charge is 0.241 e. The summed E-state index contributed by atoms with van der Waals surface area (Å²) in [4.78, 5) is 16.8. The lowest BCUT2D eigenvalue weighted by Gasteiger charge is -2.10. The summed E-state index contributed by atoms with van der Waals surface area (Å²) in [5.41, 5.74) is 1.75. The average Bonchev–Trinajstić information content (AvgIpc) is 3.07. The molecule has 154 valence electrons. The largest absolute Gasteiger partial charge is 0.494 e. The molecule has 3 rings (SSSR count). The van der Waals surface area contributed by atoms with Gasteiger partial charge in [0, 0.05) is 5.69 Å². The number of anilines is 1.